The average Bonchev–Trinajstić information content (AvgIpc) is 2.90. The summed E-state index contributed by atoms with van der Waals surface area (Å²) in [6, 6.07) is -3.31. The predicted octanol–water partition coefficient (Wildman–Crippen LogP) is 10.7. The Bertz CT molecular complexity index is 1170. The van der Waals surface area contributed by atoms with Crippen LogP contribution in [0.3, 0.4) is 0 Å². The molecule has 4 N–H and O–H groups in total. The van der Waals surface area contributed by atoms with E-state index in [1.54, 1.807) is 0 Å². The van der Waals surface area contributed by atoms with E-state index in [0.29, 0.717) is 0 Å². The van der Waals surface area contributed by atoms with Gasteiger partial charge in [0.25, 0.3) is 0 Å². The van der Waals surface area contributed by atoms with Crippen LogP contribution in [0.4, 0.5) is 132 Å². The molecule has 33 heteroatoms. The summed E-state index contributed by atoms with van der Waals surface area (Å²) in [7, 11) is -4.85. The summed E-state index contributed by atoms with van der Waals surface area (Å²) in [5, 5.41) is 10.3. The highest BCUT2D eigenvalue weighted by molar-refractivity contribution is 6.73. The van der Waals surface area contributed by atoms with E-state index in [-0.39, 0.29) is 0 Å². The van der Waals surface area contributed by atoms with Crippen LogP contribution in [0.5, 0.6) is 0 Å². The van der Waals surface area contributed by atoms with Gasteiger partial charge in [-0.15, -0.1) is 0 Å². The van der Waals surface area contributed by atoms with E-state index >= 15 is 0 Å². The largest absolute Gasteiger partial charge is 0.460 e. The number of hydrogen-bond acceptors (Lipinski definition) is 2. The lowest BCUT2D eigenvalue weighted by molar-refractivity contribution is -0.452. The Hall–Kier alpha value is -1.96. The molecule has 0 aliphatic rings. The Morgan fingerprint density at radius 3 is 0.623 bits per heavy atom. The molecule has 0 aromatic heterocycles. The van der Waals surface area contributed by atoms with Crippen molar-refractivity contribution in [3.8, 4) is 0 Å². The molecule has 0 heterocycles. The second kappa shape index (κ2) is 13.6. The lowest BCUT2D eigenvalue weighted by Gasteiger charge is -2.41. The van der Waals surface area contributed by atoms with Crippen LogP contribution in [-0.2, 0) is 0 Å². The number of alkyl halides is 30. The van der Waals surface area contributed by atoms with Crippen LogP contribution in [0.1, 0.15) is 25.7 Å². The fourth-order valence-corrected chi connectivity index (χ4v) is 5.64. The molecule has 0 unspecified atom stereocenters. The molecule has 0 bridgehead atoms. The Morgan fingerprint density at radius 1 is 0.264 bits per heavy atom. The molecule has 0 saturated heterocycles. The maximum Gasteiger partial charge on any atom is 0.460 e. The lowest BCUT2D eigenvalue weighted by Crippen LogP contribution is -2.72. The van der Waals surface area contributed by atoms with E-state index in [1.807, 2.05) is 0 Å². The van der Waals surface area contributed by atoms with Gasteiger partial charge in [-0.3, -0.25) is 0 Å². The highest BCUT2D eigenvalue weighted by Crippen LogP contribution is 2.64. The van der Waals surface area contributed by atoms with E-state index in [1.165, 1.54) is 0 Å². The third-order valence-corrected chi connectivity index (χ3v) is 9.62. The SMILES string of the molecule is N[Si](N)(CCCC(F)(F)C(F)(F)C(F)(F)C(F)(F)C(F)(F)C(F)(F)C(F)(F)F)CCCC(F)(F)C(F)(F)C(F)(F)C(F)(F)C(F)(F)C(F)(F)C(F)(F)F. The summed E-state index contributed by atoms with van der Waals surface area (Å²) in [6.45, 7) is 0. The lowest BCUT2D eigenvalue weighted by atomic mass is 9.90. The van der Waals surface area contributed by atoms with Crippen LogP contribution in [0.15, 0.2) is 0 Å². The van der Waals surface area contributed by atoms with Crippen molar-refractivity contribution in [2.24, 2.45) is 10.8 Å². The zero-order valence-corrected chi connectivity index (χ0v) is 25.2. The smallest absolute Gasteiger partial charge is 0.339 e. The molecule has 0 aliphatic carbocycles. The van der Waals surface area contributed by atoms with E-state index in [9.17, 15) is 132 Å². The van der Waals surface area contributed by atoms with Crippen molar-refractivity contribution in [3.63, 3.8) is 0 Å². The average molecular weight is 882 g/mol. The van der Waals surface area contributed by atoms with Gasteiger partial charge in [-0.05, 0) is 24.9 Å². The number of hydrogen-bond donors (Lipinski definition) is 2. The molecule has 0 aromatic carbocycles. The molecule has 0 aromatic rings. The van der Waals surface area contributed by atoms with Crippen molar-refractivity contribution in [1.82, 2.24) is 0 Å². The van der Waals surface area contributed by atoms with Gasteiger partial charge in [-0.25, -0.2) is 0 Å². The van der Waals surface area contributed by atoms with E-state index in [0.717, 1.165) is 0 Å². The zero-order valence-electron chi connectivity index (χ0n) is 24.2. The van der Waals surface area contributed by atoms with Gasteiger partial charge in [0.15, 0.2) is 8.40 Å². The second-order valence-corrected chi connectivity index (χ2v) is 14.6. The van der Waals surface area contributed by atoms with Gasteiger partial charge in [0.05, 0.1) is 0 Å². The van der Waals surface area contributed by atoms with E-state index < -0.39 is 130 Å². The molecule has 0 fully saturated rings. The van der Waals surface area contributed by atoms with Gasteiger partial charge in [-0.1, -0.05) is 0 Å². The third kappa shape index (κ3) is 7.75. The minimum absolute atomic E-state index is 1.65. The zero-order chi connectivity index (χ0) is 43.7. The summed E-state index contributed by atoms with van der Waals surface area (Å²) in [4.78, 5) is 0. The Balaban J connectivity index is 6.04. The van der Waals surface area contributed by atoms with Crippen molar-refractivity contribution in [2.45, 2.75) is 121 Å². The summed E-state index contributed by atoms with van der Waals surface area (Å²) < 4.78 is 397. The van der Waals surface area contributed by atoms with Crippen molar-refractivity contribution < 1.29 is 132 Å². The quantitative estimate of drug-likeness (QED) is 0.106. The topological polar surface area (TPSA) is 52.0 Å². The standard InChI is InChI=1S/C20H16F30N2Si/c21-7(22,9(25,26)11(29,30)13(33,34)15(37,38)17(41,42)19(45,46)47)3-1-5-53(51,52)6-2-4-8(23,24)10(27,28)12(31,32)14(35,36)16(39,40)18(43,44)20(48,49)50/h1-6,51-52H2. The first-order chi connectivity index (χ1) is 22.4. The van der Waals surface area contributed by atoms with Crippen LogP contribution in [0.25, 0.3) is 0 Å². The molecule has 0 rings (SSSR count). The van der Waals surface area contributed by atoms with E-state index in [4.69, 9.17) is 10.8 Å². The second-order valence-electron chi connectivity index (χ2n) is 11.1. The highest BCUT2D eigenvalue weighted by Gasteiger charge is 2.94. The first-order valence-corrected chi connectivity index (χ1v) is 15.2. The normalized spacial score (nSPS) is 16.8. The maximum atomic E-state index is 13.9. The fraction of sp³-hybridized carbons (Fsp3) is 1.00. The molecule has 0 saturated carbocycles. The first kappa shape index (κ1) is 51.0. The van der Waals surface area contributed by atoms with Crippen LogP contribution < -0.4 is 10.8 Å². The van der Waals surface area contributed by atoms with Crippen molar-refractivity contribution in [2.75, 3.05) is 0 Å². The van der Waals surface area contributed by atoms with Crippen molar-refractivity contribution in [3.05, 3.63) is 0 Å². The molecule has 2 nitrogen and oxygen atoms in total. The van der Waals surface area contributed by atoms with Crippen LogP contribution in [0.2, 0.25) is 12.1 Å². The van der Waals surface area contributed by atoms with Gasteiger partial charge < -0.3 is 10.8 Å². The monoisotopic (exact) mass is 882 g/mol. The summed E-state index contributed by atoms with van der Waals surface area (Å²) in [5.74, 6) is -97.7. The Kier molecular flexibility index (Phi) is 13.1. The Morgan fingerprint density at radius 2 is 0.434 bits per heavy atom. The summed E-state index contributed by atoms with van der Waals surface area (Å²) >= 11 is 0. The number of halogens is 30. The summed E-state index contributed by atoms with van der Waals surface area (Å²) in [5.41, 5.74) is 0. The van der Waals surface area contributed by atoms with Crippen molar-refractivity contribution >= 4 is 8.40 Å². The molecule has 0 radical (unpaired) electrons. The summed E-state index contributed by atoms with van der Waals surface area (Å²) in [6.07, 6.45) is -25.9. The highest BCUT2D eigenvalue weighted by atomic mass is 28.3. The predicted molar refractivity (Wildman–Crippen MR) is 114 cm³/mol. The molecule has 53 heavy (non-hydrogen) atoms. The minimum Gasteiger partial charge on any atom is -0.339 e. The molecule has 0 amide bonds. The van der Waals surface area contributed by atoms with Gasteiger partial charge in [0.1, 0.15) is 0 Å². The van der Waals surface area contributed by atoms with Crippen LogP contribution >= 0.6 is 0 Å². The van der Waals surface area contributed by atoms with Crippen LogP contribution in [0, 0.1) is 0 Å². The number of nitrogens with two attached hydrogens (primary N) is 2. The Labute approximate surface area is 273 Å². The van der Waals surface area contributed by atoms with Gasteiger partial charge in [-0.2, -0.15) is 132 Å². The van der Waals surface area contributed by atoms with Gasteiger partial charge in [0.2, 0.25) is 0 Å². The molecular weight excluding hydrogens is 866 g/mol. The van der Waals surface area contributed by atoms with Gasteiger partial charge in [0, 0.05) is 12.8 Å². The fourth-order valence-electron chi connectivity index (χ4n) is 3.72. The van der Waals surface area contributed by atoms with Crippen molar-refractivity contribution in [1.29, 1.82) is 0 Å². The maximum absolute atomic E-state index is 13.9. The minimum atomic E-state index is -8.66. The molecule has 0 spiro atoms. The van der Waals surface area contributed by atoms with E-state index in [2.05, 4.69) is 0 Å². The first-order valence-electron chi connectivity index (χ1n) is 12.7. The molecule has 320 valence electrons. The number of rotatable bonds is 18. The molecule has 0 aliphatic heterocycles. The van der Waals surface area contributed by atoms with Gasteiger partial charge >= 0.3 is 83.4 Å². The molecular formula is C20H16F30N2Si. The third-order valence-electron chi connectivity index (χ3n) is 7.05. The van der Waals surface area contributed by atoms with Crippen LogP contribution in [-0.4, -0.2) is 91.8 Å². The molecule has 0 atom stereocenters.